The number of aromatic nitrogens is 7. The molecular formula is C23H19F3N8O2. The van der Waals surface area contributed by atoms with Gasteiger partial charge in [0.05, 0.1) is 17.4 Å². The van der Waals surface area contributed by atoms with Crippen molar-refractivity contribution in [3.05, 3.63) is 72.7 Å². The highest BCUT2D eigenvalue weighted by Crippen LogP contribution is 2.24. The number of hydrogen-bond donors (Lipinski definition) is 3. The number of anilines is 2. The Balaban J connectivity index is 0.000000384. The highest BCUT2D eigenvalue weighted by Gasteiger charge is 2.38. The van der Waals surface area contributed by atoms with Crippen LogP contribution in [-0.2, 0) is 4.79 Å². The van der Waals surface area contributed by atoms with Gasteiger partial charge in [-0.05, 0) is 49.7 Å². The van der Waals surface area contributed by atoms with E-state index >= 15 is 0 Å². The van der Waals surface area contributed by atoms with E-state index in [-0.39, 0.29) is 0 Å². The third kappa shape index (κ3) is 5.63. The van der Waals surface area contributed by atoms with Crippen molar-refractivity contribution in [1.82, 2.24) is 34.9 Å². The van der Waals surface area contributed by atoms with Crippen LogP contribution in [0.4, 0.5) is 24.8 Å². The monoisotopic (exact) mass is 496 g/mol. The summed E-state index contributed by atoms with van der Waals surface area (Å²) in [5.41, 5.74) is 4.80. The molecule has 0 amide bonds. The van der Waals surface area contributed by atoms with Crippen molar-refractivity contribution in [2.45, 2.75) is 20.0 Å². The number of aliphatic carboxylic acids is 1. The lowest BCUT2D eigenvalue weighted by Crippen LogP contribution is -2.21. The molecular weight excluding hydrogens is 477 g/mol. The fourth-order valence-electron chi connectivity index (χ4n) is 3.25. The topological polar surface area (TPSA) is 134 Å². The van der Waals surface area contributed by atoms with Crippen LogP contribution >= 0.6 is 0 Å². The molecule has 36 heavy (non-hydrogen) atoms. The molecule has 0 saturated heterocycles. The zero-order chi connectivity index (χ0) is 25.9. The summed E-state index contributed by atoms with van der Waals surface area (Å²) in [4.78, 5) is 22.3. The average molecular weight is 496 g/mol. The first-order valence-corrected chi connectivity index (χ1v) is 10.4. The molecule has 0 fully saturated rings. The lowest BCUT2D eigenvalue weighted by Gasteiger charge is -2.08. The van der Waals surface area contributed by atoms with Crippen molar-refractivity contribution in [3.63, 3.8) is 0 Å². The number of benzene rings is 2. The molecule has 3 N–H and O–H groups in total. The van der Waals surface area contributed by atoms with Crippen LogP contribution in [0, 0.1) is 13.8 Å². The molecule has 0 radical (unpaired) electrons. The Labute approximate surface area is 201 Å². The molecule has 0 spiro atoms. The third-order valence-corrected chi connectivity index (χ3v) is 4.90. The molecule has 3 heterocycles. The number of aromatic amines is 1. The average Bonchev–Trinajstić information content (AvgIpc) is 3.48. The molecule has 0 bridgehead atoms. The molecule has 0 atom stereocenters. The first kappa shape index (κ1) is 24.3. The lowest BCUT2D eigenvalue weighted by molar-refractivity contribution is -0.192. The van der Waals surface area contributed by atoms with E-state index in [1.165, 1.54) is 0 Å². The van der Waals surface area contributed by atoms with Crippen molar-refractivity contribution in [2.75, 3.05) is 5.32 Å². The summed E-state index contributed by atoms with van der Waals surface area (Å²) in [6.07, 6.45) is 0.391. The number of halogens is 3. The van der Waals surface area contributed by atoms with E-state index in [2.05, 4.69) is 35.6 Å². The second-order valence-corrected chi connectivity index (χ2v) is 7.55. The number of aryl methyl sites for hydroxylation is 2. The predicted molar refractivity (Wildman–Crippen MR) is 125 cm³/mol. The van der Waals surface area contributed by atoms with Crippen LogP contribution in [-0.4, -0.2) is 52.2 Å². The van der Waals surface area contributed by atoms with Crippen molar-refractivity contribution >= 4 is 28.5 Å². The minimum atomic E-state index is -5.08. The fraction of sp³-hybridized carbons (Fsp3) is 0.130. The van der Waals surface area contributed by atoms with E-state index in [4.69, 9.17) is 9.90 Å². The molecule has 13 heteroatoms. The second kappa shape index (κ2) is 9.82. The quantitative estimate of drug-likeness (QED) is 0.329. The Morgan fingerprint density at radius 1 is 1.03 bits per heavy atom. The van der Waals surface area contributed by atoms with E-state index in [1.54, 1.807) is 6.20 Å². The maximum atomic E-state index is 10.6. The SMILES string of the molecule is Cc1nc(C)n(-c2ccc(Nc3ncc4ccc(-c5cn[nH]c5)cc4n3)cc2)n1.O=C(O)C(F)(F)F. The zero-order valence-electron chi connectivity index (χ0n) is 18.9. The van der Waals surface area contributed by atoms with Gasteiger partial charge in [-0.3, -0.25) is 5.10 Å². The van der Waals surface area contributed by atoms with Gasteiger partial charge in [0.2, 0.25) is 5.95 Å². The summed E-state index contributed by atoms with van der Waals surface area (Å²) < 4.78 is 33.6. The van der Waals surface area contributed by atoms with Gasteiger partial charge in [-0.1, -0.05) is 12.1 Å². The minimum absolute atomic E-state index is 0.544. The number of nitrogens with zero attached hydrogens (tertiary/aromatic N) is 6. The van der Waals surface area contributed by atoms with E-state index < -0.39 is 12.1 Å². The normalized spacial score (nSPS) is 11.1. The number of carbonyl (C=O) groups is 1. The summed E-state index contributed by atoms with van der Waals surface area (Å²) >= 11 is 0. The Morgan fingerprint density at radius 2 is 1.75 bits per heavy atom. The van der Waals surface area contributed by atoms with Gasteiger partial charge < -0.3 is 10.4 Å². The van der Waals surface area contributed by atoms with Crippen molar-refractivity contribution < 1.29 is 23.1 Å². The van der Waals surface area contributed by atoms with Crippen molar-refractivity contribution in [3.8, 4) is 16.8 Å². The first-order valence-electron chi connectivity index (χ1n) is 10.4. The van der Waals surface area contributed by atoms with Crippen LogP contribution in [0.5, 0.6) is 0 Å². The standard InChI is InChI=1S/C21H18N8.C2HF3O2/c1-13-25-14(2)29(28-13)19-7-5-18(6-8-19)26-21-22-10-16-4-3-15(9-20(16)27-21)17-11-23-24-12-17;3-2(4,5)1(6)7/h3-12H,1-2H3,(H,23,24)(H,22,26,27);(H,6,7). The highest BCUT2D eigenvalue weighted by atomic mass is 19.4. The van der Waals surface area contributed by atoms with Gasteiger partial charge in [0.15, 0.2) is 0 Å². The molecule has 0 unspecified atom stereocenters. The van der Waals surface area contributed by atoms with E-state index in [9.17, 15) is 13.2 Å². The lowest BCUT2D eigenvalue weighted by atomic mass is 10.1. The number of hydrogen-bond acceptors (Lipinski definition) is 7. The van der Waals surface area contributed by atoms with Crippen LogP contribution in [0.3, 0.4) is 0 Å². The third-order valence-electron chi connectivity index (χ3n) is 4.90. The smallest absolute Gasteiger partial charge is 0.475 e. The van der Waals surface area contributed by atoms with Gasteiger partial charge in [-0.15, -0.1) is 0 Å². The van der Waals surface area contributed by atoms with Gasteiger partial charge >= 0.3 is 12.1 Å². The summed E-state index contributed by atoms with van der Waals surface area (Å²) in [5.74, 6) is -0.603. The molecule has 2 aromatic carbocycles. The number of rotatable bonds is 4. The number of alkyl halides is 3. The molecule has 0 aliphatic rings. The fourth-order valence-corrected chi connectivity index (χ4v) is 3.25. The van der Waals surface area contributed by atoms with Crippen LogP contribution in [0.2, 0.25) is 0 Å². The summed E-state index contributed by atoms with van der Waals surface area (Å²) in [5, 5.41) is 22.6. The Bertz CT molecular complexity index is 1500. The van der Waals surface area contributed by atoms with E-state index in [1.807, 2.05) is 73.4 Å². The van der Waals surface area contributed by atoms with Crippen LogP contribution in [0.15, 0.2) is 61.1 Å². The number of fused-ring (bicyclic) bond motifs is 1. The van der Waals surface area contributed by atoms with E-state index in [0.717, 1.165) is 45.1 Å². The predicted octanol–water partition coefficient (Wildman–Crippen LogP) is 4.59. The Hall–Kier alpha value is -4.81. The highest BCUT2D eigenvalue weighted by molar-refractivity contribution is 5.84. The van der Waals surface area contributed by atoms with Crippen molar-refractivity contribution in [1.29, 1.82) is 0 Å². The first-order chi connectivity index (χ1) is 17.1. The molecule has 5 aromatic rings. The maximum Gasteiger partial charge on any atom is 0.490 e. The summed E-state index contributed by atoms with van der Waals surface area (Å²) in [6.45, 7) is 3.82. The molecule has 0 aliphatic heterocycles. The Morgan fingerprint density at radius 3 is 2.33 bits per heavy atom. The van der Waals surface area contributed by atoms with Gasteiger partial charge in [0.1, 0.15) is 11.6 Å². The van der Waals surface area contributed by atoms with Gasteiger partial charge in [0, 0.05) is 29.0 Å². The molecule has 0 saturated carbocycles. The second-order valence-electron chi connectivity index (χ2n) is 7.55. The van der Waals surface area contributed by atoms with Crippen LogP contribution < -0.4 is 5.32 Å². The van der Waals surface area contributed by atoms with Gasteiger partial charge in [-0.25, -0.2) is 24.4 Å². The number of H-pyrrole nitrogens is 1. The number of nitrogens with one attached hydrogen (secondary N) is 2. The largest absolute Gasteiger partial charge is 0.490 e. The molecule has 184 valence electrons. The van der Waals surface area contributed by atoms with Gasteiger partial charge in [-0.2, -0.15) is 23.4 Å². The molecule has 3 aromatic heterocycles. The summed E-state index contributed by atoms with van der Waals surface area (Å²) in [7, 11) is 0. The van der Waals surface area contributed by atoms with Crippen molar-refractivity contribution in [2.24, 2.45) is 0 Å². The maximum absolute atomic E-state index is 10.6. The van der Waals surface area contributed by atoms with Crippen LogP contribution in [0.1, 0.15) is 11.6 Å². The molecule has 10 nitrogen and oxygen atoms in total. The minimum Gasteiger partial charge on any atom is -0.475 e. The number of carboxylic acids is 1. The summed E-state index contributed by atoms with van der Waals surface area (Å²) in [6, 6.07) is 14.0. The molecule has 5 rings (SSSR count). The van der Waals surface area contributed by atoms with E-state index in [0.29, 0.717) is 5.95 Å². The zero-order valence-corrected chi connectivity index (χ0v) is 18.9. The Kier molecular flexibility index (Phi) is 6.63. The molecule has 0 aliphatic carbocycles. The van der Waals surface area contributed by atoms with Crippen LogP contribution in [0.25, 0.3) is 27.7 Å². The number of carboxylic acid groups (broad SMARTS) is 1. The van der Waals surface area contributed by atoms with Gasteiger partial charge in [0.25, 0.3) is 0 Å².